The molecule has 3 heteroatoms. The number of carbonyl (C=O) groups is 1. The third kappa shape index (κ3) is 1.54. The van der Waals surface area contributed by atoms with Crippen molar-refractivity contribution in [1.29, 1.82) is 0 Å². The minimum atomic E-state index is 0.170. The summed E-state index contributed by atoms with van der Waals surface area (Å²) >= 11 is 5.80. The molecule has 1 aliphatic heterocycles. The molecule has 0 spiro atoms. The minimum Gasteiger partial charge on any atom is -0.382 e. The fourth-order valence-electron chi connectivity index (χ4n) is 1.58. The van der Waals surface area contributed by atoms with E-state index in [4.69, 9.17) is 11.6 Å². The Balaban J connectivity index is 2.49. The number of halogens is 1. The van der Waals surface area contributed by atoms with Gasteiger partial charge < -0.3 is 5.32 Å². The second kappa shape index (κ2) is 3.04. The van der Waals surface area contributed by atoms with E-state index >= 15 is 0 Å². The molecule has 1 N–H and O–H groups in total. The van der Waals surface area contributed by atoms with Crippen molar-refractivity contribution in [2.75, 3.05) is 5.32 Å². The van der Waals surface area contributed by atoms with Crippen LogP contribution in [0.25, 0.3) is 0 Å². The highest BCUT2D eigenvalue weighted by molar-refractivity contribution is 6.31. The standard InChI is InChI=1S/C10H10ClNO/c1-6-4-10(13)8-5-7(11)2-3-9(8)12-6/h2-3,5-6,12H,4H2,1H3/t6-/m1/s1. The molecule has 0 aliphatic carbocycles. The fraction of sp³-hybridized carbons (Fsp3) is 0.300. The van der Waals surface area contributed by atoms with Gasteiger partial charge in [-0.3, -0.25) is 4.79 Å². The SMILES string of the molecule is C[C@@H]1CC(=O)c2cc(Cl)ccc2N1. The monoisotopic (exact) mass is 195 g/mol. The molecule has 0 unspecified atom stereocenters. The van der Waals surface area contributed by atoms with Crippen molar-refractivity contribution >= 4 is 23.1 Å². The van der Waals surface area contributed by atoms with E-state index in [0.29, 0.717) is 17.0 Å². The maximum Gasteiger partial charge on any atom is 0.167 e. The van der Waals surface area contributed by atoms with Crippen molar-refractivity contribution < 1.29 is 4.79 Å². The molecule has 68 valence electrons. The van der Waals surface area contributed by atoms with Gasteiger partial charge in [-0.2, -0.15) is 0 Å². The van der Waals surface area contributed by atoms with Gasteiger partial charge in [0.15, 0.2) is 5.78 Å². The van der Waals surface area contributed by atoms with Gasteiger partial charge in [0, 0.05) is 28.7 Å². The highest BCUT2D eigenvalue weighted by Crippen LogP contribution is 2.27. The first-order chi connectivity index (χ1) is 6.16. The molecule has 0 fully saturated rings. The van der Waals surface area contributed by atoms with Crippen LogP contribution < -0.4 is 5.32 Å². The molecule has 2 rings (SSSR count). The normalized spacial score (nSPS) is 20.8. The first kappa shape index (κ1) is 8.57. The second-order valence-corrected chi connectivity index (χ2v) is 3.80. The first-order valence-electron chi connectivity index (χ1n) is 4.26. The lowest BCUT2D eigenvalue weighted by Crippen LogP contribution is -2.26. The number of hydrogen-bond acceptors (Lipinski definition) is 2. The Bertz CT molecular complexity index is 362. The zero-order chi connectivity index (χ0) is 9.42. The molecule has 0 aromatic heterocycles. The van der Waals surface area contributed by atoms with Crippen molar-refractivity contribution in [3.05, 3.63) is 28.8 Å². The van der Waals surface area contributed by atoms with Gasteiger partial charge in [-0.15, -0.1) is 0 Å². The Morgan fingerprint density at radius 3 is 3.08 bits per heavy atom. The quantitative estimate of drug-likeness (QED) is 0.690. The van der Waals surface area contributed by atoms with Crippen molar-refractivity contribution in [1.82, 2.24) is 0 Å². The molecule has 13 heavy (non-hydrogen) atoms. The van der Waals surface area contributed by atoms with Crippen molar-refractivity contribution in [2.45, 2.75) is 19.4 Å². The van der Waals surface area contributed by atoms with E-state index < -0.39 is 0 Å². The van der Waals surface area contributed by atoms with Crippen molar-refractivity contribution in [2.24, 2.45) is 0 Å². The summed E-state index contributed by atoms with van der Waals surface area (Å²) < 4.78 is 0. The number of Topliss-reactive ketones (excluding diaryl/α,β-unsaturated/α-hetero) is 1. The molecule has 0 amide bonds. The third-order valence-electron chi connectivity index (χ3n) is 2.18. The van der Waals surface area contributed by atoms with Crippen molar-refractivity contribution in [3.8, 4) is 0 Å². The maximum atomic E-state index is 11.5. The lowest BCUT2D eigenvalue weighted by molar-refractivity contribution is 0.0974. The number of nitrogens with one attached hydrogen (secondary N) is 1. The van der Waals surface area contributed by atoms with E-state index in [2.05, 4.69) is 5.32 Å². The topological polar surface area (TPSA) is 29.1 Å². The Hall–Kier alpha value is -1.02. The Kier molecular flexibility index (Phi) is 2.00. The van der Waals surface area contributed by atoms with Crippen LogP contribution in [0.1, 0.15) is 23.7 Å². The number of ketones is 1. The van der Waals surface area contributed by atoms with Gasteiger partial charge in [-0.05, 0) is 25.1 Å². The number of benzene rings is 1. The number of fused-ring (bicyclic) bond motifs is 1. The molecule has 1 aliphatic rings. The fourth-order valence-corrected chi connectivity index (χ4v) is 1.75. The van der Waals surface area contributed by atoms with Crippen LogP contribution in [0.5, 0.6) is 0 Å². The van der Waals surface area contributed by atoms with Gasteiger partial charge in [-0.1, -0.05) is 11.6 Å². The third-order valence-corrected chi connectivity index (χ3v) is 2.41. The Labute approximate surface area is 81.9 Å². The zero-order valence-electron chi connectivity index (χ0n) is 7.30. The summed E-state index contributed by atoms with van der Waals surface area (Å²) in [5.74, 6) is 0.170. The number of anilines is 1. The highest BCUT2D eigenvalue weighted by Gasteiger charge is 2.21. The van der Waals surface area contributed by atoms with E-state index in [9.17, 15) is 4.79 Å². The van der Waals surface area contributed by atoms with Gasteiger partial charge in [0.1, 0.15) is 0 Å². The summed E-state index contributed by atoms with van der Waals surface area (Å²) in [6, 6.07) is 5.59. The predicted molar refractivity (Wildman–Crippen MR) is 53.5 cm³/mol. The molecule has 1 aromatic rings. The molecule has 0 saturated heterocycles. The van der Waals surface area contributed by atoms with Gasteiger partial charge in [0.2, 0.25) is 0 Å². The molecule has 0 saturated carbocycles. The lowest BCUT2D eigenvalue weighted by Gasteiger charge is -2.22. The van der Waals surface area contributed by atoms with Crippen LogP contribution in [0.3, 0.4) is 0 Å². The van der Waals surface area contributed by atoms with Crippen LogP contribution in [0.2, 0.25) is 5.02 Å². The number of rotatable bonds is 0. The molecule has 1 atom stereocenters. The summed E-state index contributed by atoms with van der Waals surface area (Å²) in [6.45, 7) is 2.00. The molecule has 2 nitrogen and oxygen atoms in total. The van der Waals surface area contributed by atoms with Gasteiger partial charge >= 0.3 is 0 Å². The average Bonchev–Trinajstić information content (AvgIpc) is 2.06. The molecule has 1 heterocycles. The van der Waals surface area contributed by atoms with Crippen LogP contribution in [-0.4, -0.2) is 11.8 Å². The predicted octanol–water partition coefficient (Wildman–Crippen LogP) is 2.73. The van der Waals surface area contributed by atoms with Crippen molar-refractivity contribution in [3.63, 3.8) is 0 Å². The van der Waals surface area contributed by atoms with Crippen LogP contribution in [0.15, 0.2) is 18.2 Å². The summed E-state index contributed by atoms with van der Waals surface area (Å²) in [5.41, 5.74) is 1.61. The van der Waals surface area contributed by atoms with Gasteiger partial charge in [0.05, 0.1) is 0 Å². The summed E-state index contributed by atoms with van der Waals surface area (Å²) in [5, 5.41) is 3.85. The van der Waals surface area contributed by atoms with Crippen LogP contribution in [0, 0.1) is 0 Å². The largest absolute Gasteiger partial charge is 0.382 e. The van der Waals surface area contributed by atoms with Gasteiger partial charge in [0.25, 0.3) is 0 Å². The lowest BCUT2D eigenvalue weighted by atomic mass is 9.98. The van der Waals surface area contributed by atoms with E-state index in [0.717, 1.165) is 5.69 Å². The Morgan fingerprint density at radius 2 is 2.31 bits per heavy atom. The van der Waals surface area contributed by atoms with E-state index in [-0.39, 0.29) is 11.8 Å². The molecule has 1 aromatic carbocycles. The maximum absolute atomic E-state index is 11.5. The summed E-state index contributed by atoms with van der Waals surface area (Å²) in [4.78, 5) is 11.5. The zero-order valence-corrected chi connectivity index (χ0v) is 8.06. The highest BCUT2D eigenvalue weighted by atomic mass is 35.5. The van der Waals surface area contributed by atoms with Gasteiger partial charge in [-0.25, -0.2) is 0 Å². The van der Waals surface area contributed by atoms with Crippen LogP contribution >= 0.6 is 11.6 Å². The Morgan fingerprint density at radius 1 is 1.54 bits per heavy atom. The molecule has 0 bridgehead atoms. The van der Waals surface area contributed by atoms with E-state index in [1.165, 1.54) is 0 Å². The molecular weight excluding hydrogens is 186 g/mol. The molecule has 0 radical (unpaired) electrons. The number of hydrogen-bond donors (Lipinski definition) is 1. The summed E-state index contributed by atoms with van der Waals surface area (Å²) in [6.07, 6.45) is 0.549. The number of carbonyl (C=O) groups excluding carboxylic acids is 1. The van der Waals surface area contributed by atoms with Crippen LogP contribution in [0.4, 0.5) is 5.69 Å². The first-order valence-corrected chi connectivity index (χ1v) is 4.64. The minimum absolute atomic E-state index is 0.170. The summed E-state index contributed by atoms with van der Waals surface area (Å²) in [7, 11) is 0. The smallest absolute Gasteiger partial charge is 0.167 e. The van der Waals surface area contributed by atoms with Crippen LogP contribution in [-0.2, 0) is 0 Å². The molecular formula is C10H10ClNO. The van der Waals surface area contributed by atoms with E-state index in [1.807, 2.05) is 13.0 Å². The average molecular weight is 196 g/mol. The van der Waals surface area contributed by atoms with E-state index in [1.54, 1.807) is 12.1 Å². The second-order valence-electron chi connectivity index (χ2n) is 3.36.